The molecule has 2 aromatic carbocycles. The van der Waals surface area contributed by atoms with Crippen molar-refractivity contribution in [2.45, 2.75) is 0 Å². The van der Waals surface area contributed by atoms with E-state index < -0.39 is 5.97 Å². The van der Waals surface area contributed by atoms with Gasteiger partial charge in [-0.3, -0.25) is 0 Å². The molecule has 0 saturated heterocycles. The molecule has 3 nitrogen and oxygen atoms in total. The highest BCUT2D eigenvalue weighted by atomic mass is 35.5. The first kappa shape index (κ1) is 12.5. The van der Waals surface area contributed by atoms with Crippen LogP contribution in [0.2, 0.25) is 5.02 Å². The Morgan fingerprint density at radius 1 is 1.11 bits per heavy atom. The first-order valence-electron chi connectivity index (χ1n) is 5.35. The lowest BCUT2D eigenvalue weighted by Crippen LogP contribution is -2.02. The minimum absolute atomic E-state index is 0.405. The highest BCUT2D eigenvalue weighted by Crippen LogP contribution is 2.25. The smallest absolute Gasteiger partial charge is 0.337 e. The highest BCUT2D eigenvalue weighted by Gasteiger charge is 2.08. The molecule has 0 unspecified atom stereocenters. The maximum absolute atomic E-state index is 11.5. The molecule has 0 amide bonds. The minimum atomic E-state index is -0.405. The molecule has 2 rings (SSSR count). The molecular formula is C14H12ClNO2. The Labute approximate surface area is 110 Å². The third-order valence-electron chi connectivity index (χ3n) is 2.55. The van der Waals surface area contributed by atoms with Crippen molar-refractivity contribution in [1.82, 2.24) is 0 Å². The van der Waals surface area contributed by atoms with Crippen LogP contribution in [0.25, 0.3) is 11.1 Å². The van der Waals surface area contributed by atoms with Crippen LogP contribution >= 0.6 is 11.6 Å². The van der Waals surface area contributed by atoms with Crippen LogP contribution in [0.1, 0.15) is 10.4 Å². The summed E-state index contributed by atoms with van der Waals surface area (Å²) in [5.74, 6) is -0.405. The van der Waals surface area contributed by atoms with Crippen LogP contribution < -0.4 is 5.73 Å². The molecule has 0 atom stereocenters. The second-order valence-corrected chi connectivity index (χ2v) is 4.28. The molecule has 0 fully saturated rings. The van der Waals surface area contributed by atoms with Gasteiger partial charge >= 0.3 is 5.97 Å². The van der Waals surface area contributed by atoms with Gasteiger partial charge in [0.25, 0.3) is 0 Å². The average molecular weight is 262 g/mol. The van der Waals surface area contributed by atoms with E-state index in [9.17, 15) is 4.79 Å². The van der Waals surface area contributed by atoms with Gasteiger partial charge in [0, 0.05) is 10.7 Å². The number of nitrogens with two attached hydrogens (primary N) is 1. The predicted octanol–water partition coefficient (Wildman–Crippen LogP) is 3.38. The number of esters is 1. The normalized spacial score (nSPS) is 10.1. The fourth-order valence-corrected chi connectivity index (χ4v) is 1.82. The van der Waals surface area contributed by atoms with Crippen molar-refractivity contribution >= 4 is 23.3 Å². The number of ether oxygens (including phenoxy) is 1. The summed E-state index contributed by atoms with van der Waals surface area (Å²) >= 11 is 5.84. The molecule has 0 aliphatic heterocycles. The summed E-state index contributed by atoms with van der Waals surface area (Å²) in [6.45, 7) is 0. The number of hydrogen-bond acceptors (Lipinski definition) is 3. The van der Waals surface area contributed by atoms with E-state index in [4.69, 9.17) is 17.3 Å². The van der Waals surface area contributed by atoms with Crippen LogP contribution in [0.5, 0.6) is 0 Å². The van der Waals surface area contributed by atoms with Crippen molar-refractivity contribution in [3.63, 3.8) is 0 Å². The van der Waals surface area contributed by atoms with E-state index in [2.05, 4.69) is 4.74 Å². The lowest BCUT2D eigenvalue weighted by atomic mass is 10.0. The molecule has 18 heavy (non-hydrogen) atoms. The Balaban J connectivity index is 2.48. The SMILES string of the molecule is COC(=O)c1cc(N)cc(-c2ccc(Cl)cc2)c1. The Hall–Kier alpha value is -2.00. The molecule has 0 aromatic heterocycles. The van der Waals surface area contributed by atoms with Crippen LogP contribution in [-0.4, -0.2) is 13.1 Å². The van der Waals surface area contributed by atoms with E-state index in [0.29, 0.717) is 16.3 Å². The standard InChI is InChI=1S/C14H12ClNO2/c1-18-14(17)11-6-10(7-13(16)8-11)9-2-4-12(15)5-3-9/h2-8H,16H2,1H3. The fraction of sp³-hybridized carbons (Fsp3) is 0.0714. The Morgan fingerprint density at radius 2 is 1.78 bits per heavy atom. The Morgan fingerprint density at radius 3 is 2.39 bits per heavy atom. The zero-order valence-corrected chi connectivity index (χ0v) is 10.6. The number of halogens is 1. The first-order valence-corrected chi connectivity index (χ1v) is 5.73. The molecule has 2 N–H and O–H groups in total. The van der Waals surface area contributed by atoms with Crippen molar-refractivity contribution < 1.29 is 9.53 Å². The predicted molar refractivity (Wildman–Crippen MR) is 72.6 cm³/mol. The quantitative estimate of drug-likeness (QED) is 0.666. The molecular weight excluding hydrogens is 250 g/mol. The summed E-state index contributed by atoms with van der Waals surface area (Å²) in [6.07, 6.45) is 0. The van der Waals surface area contributed by atoms with Crippen LogP contribution in [-0.2, 0) is 4.74 Å². The molecule has 0 radical (unpaired) electrons. The van der Waals surface area contributed by atoms with Crippen LogP contribution in [0.15, 0.2) is 42.5 Å². The van der Waals surface area contributed by atoms with Gasteiger partial charge in [-0.15, -0.1) is 0 Å². The maximum atomic E-state index is 11.5. The van der Waals surface area contributed by atoms with Crippen LogP contribution in [0, 0.1) is 0 Å². The van der Waals surface area contributed by atoms with Crippen molar-refractivity contribution in [1.29, 1.82) is 0 Å². The lowest BCUT2D eigenvalue weighted by molar-refractivity contribution is 0.0601. The number of nitrogen functional groups attached to an aromatic ring is 1. The van der Waals surface area contributed by atoms with Gasteiger partial charge in [-0.25, -0.2) is 4.79 Å². The van der Waals surface area contributed by atoms with Crippen LogP contribution in [0.3, 0.4) is 0 Å². The van der Waals surface area contributed by atoms with E-state index in [1.54, 1.807) is 30.3 Å². The molecule has 0 saturated carbocycles. The number of methoxy groups -OCH3 is 1. The van der Waals surface area contributed by atoms with Gasteiger partial charge in [0.1, 0.15) is 0 Å². The average Bonchev–Trinajstić information content (AvgIpc) is 2.38. The summed E-state index contributed by atoms with van der Waals surface area (Å²) in [5.41, 5.74) is 8.53. The van der Waals surface area contributed by atoms with Crippen LogP contribution in [0.4, 0.5) is 5.69 Å². The molecule has 92 valence electrons. The summed E-state index contributed by atoms with van der Waals surface area (Å²) in [7, 11) is 1.34. The van der Waals surface area contributed by atoms with E-state index in [-0.39, 0.29) is 0 Å². The second-order valence-electron chi connectivity index (χ2n) is 3.84. The molecule has 0 heterocycles. The zero-order chi connectivity index (χ0) is 13.1. The largest absolute Gasteiger partial charge is 0.465 e. The Kier molecular flexibility index (Phi) is 3.53. The zero-order valence-electron chi connectivity index (χ0n) is 9.81. The van der Waals surface area contributed by atoms with Gasteiger partial charge in [0.2, 0.25) is 0 Å². The van der Waals surface area contributed by atoms with E-state index in [1.807, 2.05) is 12.1 Å². The maximum Gasteiger partial charge on any atom is 0.337 e. The van der Waals surface area contributed by atoms with Gasteiger partial charge in [-0.1, -0.05) is 23.7 Å². The lowest BCUT2D eigenvalue weighted by Gasteiger charge is -2.06. The van der Waals surface area contributed by atoms with Crippen molar-refractivity contribution in [2.75, 3.05) is 12.8 Å². The summed E-state index contributed by atoms with van der Waals surface area (Å²) < 4.78 is 4.69. The van der Waals surface area contributed by atoms with Gasteiger partial charge in [0.05, 0.1) is 12.7 Å². The van der Waals surface area contributed by atoms with Crippen molar-refractivity contribution in [3.05, 3.63) is 53.1 Å². The molecule has 0 bridgehead atoms. The van der Waals surface area contributed by atoms with E-state index in [1.165, 1.54) is 7.11 Å². The number of anilines is 1. The number of rotatable bonds is 2. The van der Waals surface area contributed by atoms with Crippen molar-refractivity contribution in [2.24, 2.45) is 0 Å². The highest BCUT2D eigenvalue weighted by molar-refractivity contribution is 6.30. The third-order valence-corrected chi connectivity index (χ3v) is 2.81. The van der Waals surface area contributed by atoms with Gasteiger partial charge in [0.15, 0.2) is 0 Å². The molecule has 4 heteroatoms. The van der Waals surface area contributed by atoms with Gasteiger partial charge in [-0.2, -0.15) is 0 Å². The van der Waals surface area contributed by atoms with Gasteiger partial charge < -0.3 is 10.5 Å². The molecule has 0 spiro atoms. The second kappa shape index (κ2) is 5.10. The monoisotopic (exact) mass is 261 g/mol. The molecule has 2 aromatic rings. The number of benzene rings is 2. The summed E-state index contributed by atoms with van der Waals surface area (Å²) in [6, 6.07) is 12.5. The minimum Gasteiger partial charge on any atom is -0.465 e. The van der Waals surface area contributed by atoms with Crippen molar-refractivity contribution in [3.8, 4) is 11.1 Å². The topological polar surface area (TPSA) is 52.3 Å². The summed E-state index contributed by atoms with van der Waals surface area (Å²) in [5, 5.41) is 0.663. The first-order chi connectivity index (χ1) is 8.60. The third kappa shape index (κ3) is 2.63. The van der Waals surface area contributed by atoms with E-state index in [0.717, 1.165) is 11.1 Å². The number of carbonyl (C=O) groups excluding carboxylic acids is 1. The van der Waals surface area contributed by atoms with Gasteiger partial charge in [-0.05, 0) is 41.5 Å². The number of hydrogen-bond donors (Lipinski definition) is 1. The number of carbonyl (C=O) groups is 1. The Bertz CT molecular complexity index is 579. The molecule has 0 aliphatic rings. The fourth-order valence-electron chi connectivity index (χ4n) is 1.70. The summed E-state index contributed by atoms with van der Waals surface area (Å²) in [4.78, 5) is 11.5. The molecule has 0 aliphatic carbocycles. The van der Waals surface area contributed by atoms with E-state index >= 15 is 0 Å².